The van der Waals surface area contributed by atoms with Gasteiger partial charge < -0.3 is 9.47 Å². The summed E-state index contributed by atoms with van der Waals surface area (Å²) in [6, 6.07) is 6.59. The lowest BCUT2D eigenvalue weighted by atomic mass is 10.1. The third-order valence-electron chi connectivity index (χ3n) is 4.03. The molecule has 0 amide bonds. The highest BCUT2D eigenvalue weighted by molar-refractivity contribution is 5.90. The number of hydrogen-bond acceptors (Lipinski definition) is 4. The highest BCUT2D eigenvalue weighted by Crippen LogP contribution is 2.23. The Kier molecular flexibility index (Phi) is 4.24. The van der Waals surface area contributed by atoms with Crippen molar-refractivity contribution in [3.63, 3.8) is 0 Å². The molecule has 0 radical (unpaired) electrons. The zero-order chi connectivity index (χ0) is 15.5. The number of carbonyl (C=O) groups is 1. The Labute approximate surface area is 129 Å². The van der Waals surface area contributed by atoms with E-state index in [2.05, 4.69) is 23.3 Å². The van der Waals surface area contributed by atoms with Gasteiger partial charge in [0.1, 0.15) is 11.3 Å². The predicted octanol–water partition coefficient (Wildman–Crippen LogP) is 2.35. The minimum Gasteiger partial charge on any atom is -0.465 e. The number of hydrogen-bond donors (Lipinski definition) is 0. The molecule has 0 saturated heterocycles. The molecule has 0 N–H and O–H groups in total. The second kappa shape index (κ2) is 6.32. The van der Waals surface area contributed by atoms with Gasteiger partial charge in [0.2, 0.25) is 0 Å². The van der Waals surface area contributed by atoms with Crippen molar-refractivity contribution < 1.29 is 14.3 Å². The smallest absolute Gasteiger partial charge is 0.341 e. The third kappa shape index (κ3) is 2.90. The molecule has 0 spiro atoms. The maximum absolute atomic E-state index is 11.8. The summed E-state index contributed by atoms with van der Waals surface area (Å²) < 4.78 is 11.7. The van der Waals surface area contributed by atoms with Crippen LogP contribution in [0, 0.1) is 0 Å². The fourth-order valence-corrected chi connectivity index (χ4v) is 2.98. The number of fused-ring (bicyclic) bond motifs is 1. The van der Waals surface area contributed by atoms with E-state index in [0.29, 0.717) is 24.4 Å². The van der Waals surface area contributed by atoms with Crippen LogP contribution < -0.4 is 0 Å². The van der Waals surface area contributed by atoms with Crippen molar-refractivity contribution in [3.8, 4) is 0 Å². The molecule has 0 bridgehead atoms. The first-order chi connectivity index (χ1) is 10.7. The monoisotopic (exact) mass is 300 g/mol. The summed E-state index contributed by atoms with van der Waals surface area (Å²) in [6.45, 7) is 0.933. The number of aromatic nitrogens is 2. The zero-order valence-corrected chi connectivity index (χ0v) is 13.0. The van der Waals surface area contributed by atoms with E-state index >= 15 is 0 Å². The van der Waals surface area contributed by atoms with Crippen LogP contribution in [0.3, 0.4) is 0 Å². The molecular formula is C17H20N2O3. The summed E-state index contributed by atoms with van der Waals surface area (Å²) in [7, 11) is 2.96. The van der Waals surface area contributed by atoms with E-state index in [1.807, 2.05) is 0 Å². The Morgan fingerprint density at radius 2 is 2.09 bits per heavy atom. The summed E-state index contributed by atoms with van der Waals surface area (Å²) in [6.07, 6.45) is 5.31. The molecule has 0 atom stereocenters. The first kappa shape index (κ1) is 14.8. The lowest BCUT2D eigenvalue weighted by Crippen LogP contribution is -2.04. The second-order valence-corrected chi connectivity index (χ2v) is 5.57. The fraction of sp³-hybridized carbons (Fsp3) is 0.412. The van der Waals surface area contributed by atoms with Crippen molar-refractivity contribution in [3.05, 3.63) is 52.3 Å². The van der Waals surface area contributed by atoms with Crippen LogP contribution in [-0.4, -0.2) is 30.0 Å². The summed E-state index contributed by atoms with van der Waals surface area (Å²) in [5, 5.41) is 4.45. The van der Waals surface area contributed by atoms with Crippen molar-refractivity contribution in [2.45, 2.75) is 32.4 Å². The van der Waals surface area contributed by atoms with Crippen molar-refractivity contribution in [1.29, 1.82) is 0 Å². The molecule has 5 nitrogen and oxygen atoms in total. The molecule has 1 aliphatic rings. The number of carbonyl (C=O) groups excluding carboxylic acids is 1. The molecule has 3 rings (SSSR count). The second-order valence-electron chi connectivity index (χ2n) is 5.57. The molecular weight excluding hydrogens is 280 g/mol. The van der Waals surface area contributed by atoms with Crippen LogP contribution in [-0.2, 0) is 35.5 Å². The highest BCUT2D eigenvalue weighted by Gasteiger charge is 2.17. The van der Waals surface area contributed by atoms with Crippen LogP contribution in [0.5, 0.6) is 0 Å². The molecule has 1 aliphatic carbocycles. The molecule has 0 fully saturated rings. The number of ether oxygens (including phenoxy) is 2. The van der Waals surface area contributed by atoms with Gasteiger partial charge in [0.25, 0.3) is 0 Å². The van der Waals surface area contributed by atoms with Gasteiger partial charge in [0, 0.05) is 13.3 Å². The van der Waals surface area contributed by atoms with Crippen molar-refractivity contribution >= 4 is 5.97 Å². The molecule has 2 aromatic rings. The minimum absolute atomic E-state index is 0.293. The van der Waals surface area contributed by atoms with Crippen LogP contribution in [0.1, 0.15) is 39.2 Å². The third-order valence-corrected chi connectivity index (χ3v) is 4.03. The first-order valence-electron chi connectivity index (χ1n) is 7.45. The quantitative estimate of drug-likeness (QED) is 0.795. The zero-order valence-electron chi connectivity index (χ0n) is 13.0. The number of esters is 1. The maximum Gasteiger partial charge on any atom is 0.341 e. The molecule has 1 aromatic carbocycles. The van der Waals surface area contributed by atoms with E-state index in [9.17, 15) is 4.79 Å². The first-order valence-corrected chi connectivity index (χ1v) is 7.45. The molecule has 0 saturated carbocycles. The van der Waals surface area contributed by atoms with E-state index in [-0.39, 0.29) is 5.97 Å². The highest BCUT2D eigenvalue weighted by atomic mass is 16.5. The van der Waals surface area contributed by atoms with Crippen LogP contribution in [0.4, 0.5) is 0 Å². The Hall–Kier alpha value is -2.14. The van der Waals surface area contributed by atoms with Gasteiger partial charge in [-0.1, -0.05) is 18.2 Å². The molecule has 5 heteroatoms. The summed E-state index contributed by atoms with van der Waals surface area (Å²) in [5.41, 5.74) is 5.17. The molecule has 116 valence electrons. The van der Waals surface area contributed by atoms with Crippen LogP contribution >= 0.6 is 0 Å². The lowest BCUT2D eigenvalue weighted by Gasteiger charge is -2.05. The standard InChI is InChI=1S/C17H20N2O3/c1-21-11-16-15(17(20)22-2)10-19(18-16)9-12-6-7-13-4-3-5-14(13)8-12/h6-8,10H,3-5,9,11H2,1-2H3. The lowest BCUT2D eigenvalue weighted by molar-refractivity contribution is 0.0595. The molecule has 0 unspecified atom stereocenters. The number of benzene rings is 1. The van der Waals surface area contributed by atoms with E-state index in [4.69, 9.17) is 9.47 Å². The molecule has 1 aromatic heterocycles. The average Bonchev–Trinajstić information content (AvgIpc) is 3.13. The van der Waals surface area contributed by atoms with Gasteiger partial charge in [0.15, 0.2) is 0 Å². The number of methoxy groups -OCH3 is 2. The molecule has 0 aliphatic heterocycles. The van der Waals surface area contributed by atoms with Gasteiger partial charge in [-0.15, -0.1) is 0 Å². The van der Waals surface area contributed by atoms with E-state index in [0.717, 1.165) is 6.42 Å². The summed E-state index contributed by atoms with van der Waals surface area (Å²) >= 11 is 0. The van der Waals surface area contributed by atoms with Crippen molar-refractivity contribution in [2.24, 2.45) is 0 Å². The molecule has 1 heterocycles. The van der Waals surface area contributed by atoms with Gasteiger partial charge in [-0.25, -0.2) is 4.79 Å². The Morgan fingerprint density at radius 1 is 1.27 bits per heavy atom. The summed E-state index contributed by atoms with van der Waals surface area (Å²) in [5.74, 6) is -0.382. The van der Waals surface area contributed by atoms with Crippen molar-refractivity contribution in [2.75, 3.05) is 14.2 Å². The van der Waals surface area contributed by atoms with Gasteiger partial charge in [-0.2, -0.15) is 5.10 Å². The fourth-order valence-electron chi connectivity index (χ4n) is 2.98. The van der Waals surface area contributed by atoms with E-state index in [1.54, 1.807) is 18.0 Å². The van der Waals surface area contributed by atoms with E-state index in [1.165, 1.54) is 36.6 Å². The Morgan fingerprint density at radius 3 is 2.86 bits per heavy atom. The predicted molar refractivity (Wildman–Crippen MR) is 81.8 cm³/mol. The normalized spacial score (nSPS) is 13.2. The number of nitrogens with zero attached hydrogens (tertiary/aromatic N) is 2. The number of aryl methyl sites for hydroxylation is 2. The summed E-state index contributed by atoms with van der Waals surface area (Å²) in [4.78, 5) is 11.8. The van der Waals surface area contributed by atoms with Crippen LogP contribution in [0.25, 0.3) is 0 Å². The van der Waals surface area contributed by atoms with Crippen LogP contribution in [0.2, 0.25) is 0 Å². The maximum atomic E-state index is 11.8. The largest absolute Gasteiger partial charge is 0.465 e. The Bertz CT molecular complexity index is 691. The van der Waals surface area contributed by atoms with Gasteiger partial charge >= 0.3 is 5.97 Å². The Balaban J connectivity index is 1.84. The number of rotatable bonds is 5. The van der Waals surface area contributed by atoms with Gasteiger partial charge in [-0.05, 0) is 36.0 Å². The average molecular weight is 300 g/mol. The van der Waals surface area contributed by atoms with Gasteiger partial charge in [-0.3, -0.25) is 4.68 Å². The van der Waals surface area contributed by atoms with Crippen LogP contribution in [0.15, 0.2) is 24.4 Å². The van der Waals surface area contributed by atoms with Gasteiger partial charge in [0.05, 0.1) is 20.3 Å². The van der Waals surface area contributed by atoms with E-state index < -0.39 is 0 Å². The minimum atomic E-state index is -0.382. The van der Waals surface area contributed by atoms with Crippen molar-refractivity contribution in [1.82, 2.24) is 9.78 Å². The molecule has 22 heavy (non-hydrogen) atoms. The topological polar surface area (TPSA) is 53.4 Å². The SMILES string of the molecule is COCc1nn(Cc2ccc3c(c2)CCC3)cc1C(=O)OC.